The first-order chi connectivity index (χ1) is 14.8. The van der Waals surface area contributed by atoms with Crippen molar-refractivity contribution in [3.63, 3.8) is 0 Å². The SMILES string of the molecule is COc1ccc(/C=N/n2c(C(F)F)n[nH]c2=S)cc1COc1cc(C)ccc1[N+](=O)[O-]. The summed E-state index contributed by atoms with van der Waals surface area (Å²) in [4.78, 5) is 10.7. The molecule has 0 amide bonds. The molecule has 12 heteroatoms. The quantitative estimate of drug-likeness (QED) is 0.234. The molecule has 0 radical (unpaired) electrons. The van der Waals surface area contributed by atoms with Crippen LogP contribution < -0.4 is 9.47 Å². The highest BCUT2D eigenvalue weighted by atomic mass is 32.1. The van der Waals surface area contributed by atoms with Crippen LogP contribution in [0.4, 0.5) is 14.5 Å². The number of nitro benzene ring substituents is 1. The van der Waals surface area contributed by atoms with Crippen molar-refractivity contribution in [2.75, 3.05) is 7.11 Å². The molecule has 1 aromatic heterocycles. The van der Waals surface area contributed by atoms with Gasteiger partial charge < -0.3 is 9.47 Å². The number of nitrogens with one attached hydrogen (secondary N) is 1. The van der Waals surface area contributed by atoms with Crippen molar-refractivity contribution in [3.8, 4) is 11.5 Å². The molecule has 0 bridgehead atoms. The predicted octanol–water partition coefficient (Wildman–Crippen LogP) is 4.56. The van der Waals surface area contributed by atoms with Gasteiger partial charge in [0.2, 0.25) is 10.6 Å². The minimum absolute atomic E-state index is 0.0252. The third-order valence-corrected chi connectivity index (χ3v) is 4.46. The number of ether oxygens (including phenoxy) is 2. The van der Waals surface area contributed by atoms with Crippen LogP contribution in [-0.4, -0.2) is 33.1 Å². The van der Waals surface area contributed by atoms with Crippen LogP contribution in [0.25, 0.3) is 0 Å². The standard InChI is InChI=1S/C19H17F2N5O4S/c1-11-3-5-14(26(27)28)16(7-11)30-10-13-8-12(4-6-15(13)29-2)9-22-25-18(17(20)21)23-24-19(25)31/h3-9,17H,10H2,1-2H3,(H,24,31)/b22-9+. The van der Waals surface area contributed by atoms with Gasteiger partial charge in [0, 0.05) is 11.6 Å². The fourth-order valence-electron chi connectivity index (χ4n) is 2.72. The summed E-state index contributed by atoms with van der Waals surface area (Å²) in [6.45, 7) is 1.77. The Morgan fingerprint density at radius 2 is 2.10 bits per heavy atom. The van der Waals surface area contributed by atoms with E-state index in [0.717, 1.165) is 10.2 Å². The van der Waals surface area contributed by atoms with E-state index in [-0.39, 0.29) is 22.8 Å². The van der Waals surface area contributed by atoms with Gasteiger partial charge in [-0.2, -0.15) is 14.9 Å². The van der Waals surface area contributed by atoms with Crippen LogP contribution in [0, 0.1) is 21.8 Å². The molecule has 0 saturated carbocycles. The summed E-state index contributed by atoms with van der Waals surface area (Å²) < 4.78 is 37.8. The van der Waals surface area contributed by atoms with Crippen LogP contribution in [0.15, 0.2) is 41.5 Å². The Morgan fingerprint density at radius 3 is 2.77 bits per heavy atom. The van der Waals surface area contributed by atoms with Crippen molar-refractivity contribution in [1.29, 1.82) is 0 Å². The van der Waals surface area contributed by atoms with Crippen molar-refractivity contribution < 1.29 is 23.2 Å². The predicted molar refractivity (Wildman–Crippen MR) is 111 cm³/mol. The van der Waals surface area contributed by atoms with Gasteiger partial charge in [0.05, 0.1) is 18.2 Å². The Kier molecular flexibility index (Phi) is 6.70. The topological polar surface area (TPSA) is 108 Å². The Morgan fingerprint density at radius 1 is 1.32 bits per heavy atom. The molecular weight excluding hydrogens is 432 g/mol. The molecule has 31 heavy (non-hydrogen) atoms. The first-order valence-corrected chi connectivity index (χ1v) is 9.25. The Bertz CT molecular complexity index is 1190. The highest BCUT2D eigenvalue weighted by Crippen LogP contribution is 2.30. The number of benzene rings is 2. The van der Waals surface area contributed by atoms with Crippen LogP contribution in [-0.2, 0) is 6.61 Å². The van der Waals surface area contributed by atoms with Crippen LogP contribution in [0.2, 0.25) is 0 Å². The van der Waals surface area contributed by atoms with Gasteiger partial charge in [0.1, 0.15) is 12.4 Å². The number of halogens is 2. The van der Waals surface area contributed by atoms with E-state index in [1.54, 1.807) is 37.3 Å². The number of H-pyrrole nitrogens is 1. The maximum Gasteiger partial charge on any atom is 0.310 e. The molecule has 0 spiro atoms. The summed E-state index contributed by atoms with van der Waals surface area (Å²) in [5.74, 6) is 0.00289. The Labute approximate surface area is 180 Å². The number of rotatable bonds is 8. The summed E-state index contributed by atoms with van der Waals surface area (Å²) in [5, 5.41) is 20.9. The molecule has 1 N–H and O–H groups in total. The van der Waals surface area contributed by atoms with E-state index in [1.807, 2.05) is 0 Å². The van der Waals surface area contributed by atoms with Crippen LogP contribution in [0.3, 0.4) is 0 Å². The van der Waals surface area contributed by atoms with Gasteiger partial charge in [-0.3, -0.25) is 10.1 Å². The smallest absolute Gasteiger partial charge is 0.310 e. The van der Waals surface area contributed by atoms with Gasteiger partial charge in [-0.1, -0.05) is 6.07 Å². The van der Waals surface area contributed by atoms with E-state index >= 15 is 0 Å². The molecular formula is C19H17F2N5O4S. The number of hydrogen-bond acceptors (Lipinski definition) is 7. The summed E-state index contributed by atoms with van der Waals surface area (Å²) >= 11 is 4.92. The fraction of sp³-hybridized carbons (Fsp3) is 0.211. The van der Waals surface area contributed by atoms with Gasteiger partial charge in [0.15, 0.2) is 5.75 Å². The zero-order chi connectivity index (χ0) is 22.5. The number of aryl methyl sites for hydroxylation is 1. The highest BCUT2D eigenvalue weighted by molar-refractivity contribution is 7.71. The summed E-state index contributed by atoms with van der Waals surface area (Å²) in [7, 11) is 1.47. The molecule has 0 aliphatic heterocycles. The second-order valence-corrected chi connectivity index (χ2v) is 6.72. The second-order valence-electron chi connectivity index (χ2n) is 6.33. The van der Waals surface area contributed by atoms with E-state index in [9.17, 15) is 18.9 Å². The summed E-state index contributed by atoms with van der Waals surface area (Å²) in [6, 6.07) is 9.54. The summed E-state index contributed by atoms with van der Waals surface area (Å²) in [6.07, 6.45) is -1.52. The van der Waals surface area contributed by atoms with Crippen molar-refractivity contribution in [3.05, 3.63) is 73.8 Å². The third-order valence-electron chi connectivity index (χ3n) is 4.19. The van der Waals surface area contributed by atoms with Crippen molar-refractivity contribution in [1.82, 2.24) is 14.9 Å². The van der Waals surface area contributed by atoms with Gasteiger partial charge >= 0.3 is 5.69 Å². The number of aromatic amines is 1. The first kappa shape index (κ1) is 22.0. The van der Waals surface area contributed by atoms with E-state index in [2.05, 4.69) is 15.3 Å². The van der Waals surface area contributed by atoms with Crippen molar-refractivity contribution in [2.24, 2.45) is 5.10 Å². The van der Waals surface area contributed by atoms with Crippen LogP contribution in [0.5, 0.6) is 11.5 Å². The van der Waals surface area contributed by atoms with Crippen molar-refractivity contribution >= 4 is 24.1 Å². The lowest BCUT2D eigenvalue weighted by Gasteiger charge is -2.12. The molecule has 9 nitrogen and oxygen atoms in total. The number of nitrogens with zero attached hydrogens (tertiary/aromatic N) is 4. The van der Waals surface area contributed by atoms with Gasteiger partial charge in [-0.05, 0) is 54.5 Å². The van der Waals surface area contributed by atoms with E-state index < -0.39 is 17.2 Å². The monoisotopic (exact) mass is 449 g/mol. The molecule has 162 valence electrons. The largest absolute Gasteiger partial charge is 0.496 e. The minimum Gasteiger partial charge on any atom is -0.496 e. The van der Waals surface area contributed by atoms with E-state index in [1.165, 1.54) is 19.4 Å². The average molecular weight is 449 g/mol. The number of hydrogen-bond donors (Lipinski definition) is 1. The summed E-state index contributed by atoms with van der Waals surface area (Å²) in [5.41, 5.74) is 1.77. The highest BCUT2D eigenvalue weighted by Gasteiger charge is 2.17. The Balaban J connectivity index is 1.87. The molecule has 3 aromatic rings. The zero-order valence-electron chi connectivity index (χ0n) is 16.4. The minimum atomic E-state index is -2.85. The molecule has 0 aliphatic carbocycles. The molecule has 0 saturated heterocycles. The van der Waals surface area contributed by atoms with Crippen molar-refractivity contribution in [2.45, 2.75) is 20.0 Å². The Hall–Kier alpha value is -3.67. The molecule has 0 unspecified atom stereocenters. The molecule has 1 heterocycles. The third kappa shape index (κ3) is 5.09. The number of aromatic nitrogens is 3. The first-order valence-electron chi connectivity index (χ1n) is 8.84. The molecule has 0 atom stereocenters. The van der Waals surface area contributed by atoms with E-state index in [0.29, 0.717) is 16.9 Å². The lowest BCUT2D eigenvalue weighted by atomic mass is 10.1. The zero-order valence-corrected chi connectivity index (χ0v) is 17.2. The van der Waals surface area contributed by atoms with E-state index in [4.69, 9.17) is 21.7 Å². The second kappa shape index (κ2) is 9.43. The maximum atomic E-state index is 13.0. The number of nitro groups is 1. The fourth-order valence-corrected chi connectivity index (χ4v) is 2.90. The van der Waals surface area contributed by atoms with Crippen LogP contribution in [0.1, 0.15) is 28.9 Å². The van der Waals surface area contributed by atoms with Gasteiger partial charge in [-0.15, -0.1) is 0 Å². The molecule has 3 rings (SSSR count). The normalized spacial score (nSPS) is 11.3. The lowest BCUT2D eigenvalue weighted by molar-refractivity contribution is -0.386. The average Bonchev–Trinajstić information content (AvgIpc) is 3.11. The maximum absolute atomic E-state index is 13.0. The molecule has 0 fully saturated rings. The molecule has 0 aliphatic rings. The number of methoxy groups -OCH3 is 1. The van der Waals surface area contributed by atoms with Crippen LogP contribution >= 0.6 is 12.2 Å². The molecule has 2 aromatic carbocycles. The van der Waals surface area contributed by atoms with Gasteiger partial charge in [-0.25, -0.2) is 13.9 Å². The number of alkyl halides is 2. The van der Waals surface area contributed by atoms with Gasteiger partial charge in [0.25, 0.3) is 6.43 Å². The lowest BCUT2D eigenvalue weighted by Crippen LogP contribution is -2.03.